The molecule has 0 aliphatic heterocycles. The van der Waals surface area contributed by atoms with Crippen LogP contribution in [0.3, 0.4) is 0 Å². The maximum Gasteiger partial charge on any atom is 0.328 e. The fourth-order valence-corrected chi connectivity index (χ4v) is 3.49. The van der Waals surface area contributed by atoms with Gasteiger partial charge >= 0.3 is 5.69 Å². The highest BCUT2D eigenvalue weighted by atomic mass is 16.2. The summed E-state index contributed by atoms with van der Waals surface area (Å²) in [6.45, 7) is 2.01. The molecule has 0 saturated heterocycles. The van der Waals surface area contributed by atoms with Crippen molar-refractivity contribution in [3.8, 4) is 0 Å². The number of ketones is 1. The number of nitrogens with zero attached hydrogens (tertiary/aromatic N) is 1. The van der Waals surface area contributed by atoms with Gasteiger partial charge in [-0.05, 0) is 43.4 Å². The maximum atomic E-state index is 12.7. The van der Waals surface area contributed by atoms with E-state index in [1.807, 2.05) is 0 Å². The van der Waals surface area contributed by atoms with Crippen LogP contribution in [0.5, 0.6) is 0 Å². The van der Waals surface area contributed by atoms with Crippen LogP contribution < -0.4 is 11.2 Å². The van der Waals surface area contributed by atoms with E-state index in [1.54, 1.807) is 18.2 Å². The second-order valence-corrected chi connectivity index (χ2v) is 6.61. The molecule has 1 aromatic carbocycles. The molecular formula is C18H22N2O3. The molecule has 1 aromatic heterocycles. The number of aromatic amines is 1. The van der Waals surface area contributed by atoms with Crippen LogP contribution in [0, 0.1) is 5.92 Å². The number of hydrogen-bond acceptors (Lipinski definition) is 3. The van der Waals surface area contributed by atoms with Gasteiger partial charge < -0.3 is 4.98 Å². The van der Waals surface area contributed by atoms with Crippen molar-refractivity contribution < 1.29 is 4.79 Å². The summed E-state index contributed by atoms with van der Waals surface area (Å²) in [6.07, 6.45) is 6.05. The number of H-pyrrole nitrogens is 1. The van der Waals surface area contributed by atoms with Crippen molar-refractivity contribution in [1.82, 2.24) is 9.55 Å². The molecule has 0 amide bonds. The van der Waals surface area contributed by atoms with Crippen molar-refractivity contribution in [3.05, 3.63) is 44.6 Å². The molecule has 5 heteroatoms. The molecule has 0 radical (unpaired) electrons. The Labute approximate surface area is 134 Å². The summed E-state index contributed by atoms with van der Waals surface area (Å²) in [6, 6.07) is 5.22. The average molecular weight is 314 g/mol. The molecule has 1 saturated carbocycles. The second-order valence-electron chi connectivity index (χ2n) is 6.61. The molecule has 23 heavy (non-hydrogen) atoms. The molecule has 0 unspecified atom stereocenters. The molecule has 0 bridgehead atoms. The predicted octanol–water partition coefficient (Wildman–Crippen LogP) is 2.40. The summed E-state index contributed by atoms with van der Waals surface area (Å²) in [5, 5.41) is 0.485. The zero-order valence-corrected chi connectivity index (χ0v) is 13.4. The first-order chi connectivity index (χ1) is 11.0. The number of aromatic nitrogens is 2. The van der Waals surface area contributed by atoms with E-state index >= 15 is 0 Å². The largest absolute Gasteiger partial charge is 0.328 e. The van der Waals surface area contributed by atoms with Crippen molar-refractivity contribution in [3.63, 3.8) is 0 Å². The summed E-state index contributed by atoms with van der Waals surface area (Å²) in [5.74, 6) is 0.455. The van der Waals surface area contributed by atoms with E-state index in [1.165, 1.54) is 30.8 Å². The maximum absolute atomic E-state index is 12.7. The van der Waals surface area contributed by atoms with E-state index in [0.717, 1.165) is 18.4 Å². The van der Waals surface area contributed by atoms with Gasteiger partial charge in [0.05, 0.1) is 10.9 Å². The number of benzene rings is 1. The number of nitrogens with one attached hydrogen (secondary N) is 1. The van der Waals surface area contributed by atoms with Crippen molar-refractivity contribution in [2.24, 2.45) is 5.92 Å². The van der Waals surface area contributed by atoms with Gasteiger partial charge in [0.1, 0.15) is 5.78 Å². The number of carbonyl (C=O) groups excluding carboxylic acids is 1. The fourth-order valence-electron chi connectivity index (χ4n) is 3.49. The minimum Gasteiger partial charge on any atom is -0.307 e. The highest BCUT2D eigenvalue weighted by Crippen LogP contribution is 2.24. The number of fused-ring (bicyclic) bond motifs is 1. The minimum absolute atomic E-state index is 0.0521. The van der Waals surface area contributed by atoms with E-state index in [9.17, 15) is 14.4 Å². The molecule has 1 aliphatic carbocycles. The Kier molecular flexibility index (Phi) is 4.46. The van der Waals surface area contributed by atoms with E-state index < -0.39 is 0 Å². The first-order valence-corrected chi connectivity index (χ1v) is 8.30. The van der Waals surface area contributed by atoms with Gasteiger partial charge in [-0.15, -0.1) is 0 Å². The van der Waals surface area contributed by atoms with Gasteiger partial charge in [-0.3, -0.25) is 14.2 Å². The lowest BCUT2D eigenvalue weighted by Gasteiger charge is -2.21. The Morgan fingerprint density at radius 2 is 1.96 bits per heavy atom. The first kappa shape index (κ1) is 15.7. The molecule has 1 fully saturated rings. The highest BCUT2D eigenvalue weighted by Gasteiger charge is 2.17. The van der Waals surface area contributed by atoms with Crippen LogP contribution in [0.4, 0.5) is 0 Å². The Hall–Kier alpha value is -2.17. The third kappa shape index (κ3) is 3.44. The quantitative estimate of drug-likeness (QED) is 0.942. The van der Waals surface area contributed by atoms with Crippen LogP contribution in [0.1, 0.15) is 44.6 Å². The monoisotopic (exact) mass is 314 g/mol. The van der Waals surface area contributed by atoms with E-state index in [-0.39, 0.29) is 17.0 Å². The van der Waals surface area contributed by atoms with Gasteiger partial charge in [-0.25, -0.2) is 4.79 Å². The third-order valence-corrected chi connectivity index (χ3v) is 4.66. The normalized spacial score (nSPS) is 15.9. The van der Waals surface area contributed by atoms with E-state index in [2.05, 4.69) is 4.98 Å². The lowest BCUT2D eigenvalue weighted by molar-refractivity contribution is -0.116. The average Bonchev–Trinajstić information content (AvgIpc) is 2.53. The number of rotatable bonds is 4. The molecular weight excluding hydrogens is 292 g/mol. The van der Waals surface area contributed by atoms with Crippen LogP contribution in [0.15, 0.2) is 27.8 Å². The van der Waals surface area contributed by atoms with E-state index in [0.29, 0.717) is 29.8 Å². The van der Waals surface area contributed by atoms with Crippen LogP contribution in [0.25, 0.3) is 10.9 Å². The first-order valence-electron chi connectivity index (χ1n) is 8.30. The summed E-state index contributed by atoms with van der Waals surface area (Å²) < 4.78 is 1.33. The van der Waals surface area contributed by atoms with Crippen LogP contribution >= 0.6 is 0 Å². The van der Waals surface area contributed by atoms with Gasteiger partial charge in [-0.2, -0.15) is 0 Å². The molecule has 1 N–H and O–H groups in total. The lowest BCUT2D eigenvalue weighted by atomic mass is 9.89. The van der Waals surface area contributed by atoms with Crippen molar-refractivity contribution in [2.45, 2.75) is 52.0 Å². The molecule has 2 aromatic rings. The number of Topliss-reactive ketones (excluding diaryl/α,β-unsaturated/α-hetero) is 1. The fraction of sp³-hybridized carbons (Fsp3) is 0.500. The Morgan fingerprint density at radius 1 is 1.22 bits per heavy atom. The van der Waals surface area contributed by atoms with Gasteiger partial charge in [-0.1, -0.05) is 25.3 Å². The van der Waals surface area contributed by atoms with E-state index in [4.69, 9.17) is 0 Å². The molecule has 0 spiro atoms. The van der Waals surface area contributed by atoms with Crippen LogP contribution in [-0.2, 0) is 17.8 Å². The third-order valence-electron chi connectivity index (χ3n) is 4.66. The lowest BCUT2D eigenvalue weighted by Crippen LogP contribution is -2.37. The van der Waals surface area contributed by atoms with Gasteiger partial charge in [0, 0.05) is 13.0 Å². The van der Waals surface area contributed by atoms with Gasteiger partial charge in [0.15, 0.2) is 0 Å². The van der Waals surface area contributed by atoms with Crippen LogP contribution in [0.2, 0.25) is 0 Å². The minimum atomic E-state index is -0.340. The SMILES string of the molecule is CC(=O)Cc1ccc2[nH]c(=O)n(CC3CCCCC3)c(=O)c2c1. The molecule has 0 atom stereocenters. The molecule has 122 valence electrons. The Bertz CT molecular complexity index is 841. The summed E-state index contributed by atoms with van der Waals surface area (Å²) in [4.78, 5) is 39.0. The number of hydrogen-bond donors (Lipinski definition) is 1. The van der Waals surface area contributed by atoms with Crippen molar-refractivity contribution >= 4 is 16.7 Å². The van der Waals surface area contributed by atoms with Gasteiger partial charge in [0.25, 0.3) is 5.56 Å². The molecule has 3 rings (SSSR count). The molecule has 5 nitrogen and oxygen atoms in total. The second kappa shape index (κ2) is 6.52. The zero-order valence-electron chi connectivity index (χ0n) is 13.4. The molecule has 1 heterocycles. The van der Waals surface area contributed by atoms with Gasteiger partial charge in [0.2, 0.25) is 0 Å². The highest BCUT2D eigenvalue weighted by molar-refractivity contribution is 5.82. The van der Waals surface area contributed by atoms with Crippen molar-refractivity contribution in [1.29, 1.82) is 0 Å². The molecule has 1 aliphatic rings. The Balaban J connectivity index is 2.01. The van der Waals surface area contributed by atoms with Crippen LogP contribution in [-0.4, -0.2) is 15.3 Å². The smallest absolute Gasteiger partial charge is 0.307 e. The topological polar surface area (TPSA) is 71.9 Å². The summed E-state index contributed by atoms with van der Waals surface area (Å²) in [5.41, 5.74) is 0.748. The Morgan fingerprint density at radius 3 is 2.65 bits per heavy atom. The number of carbonyl (C=O) groups is 1. The van der Waals surface area contributed by atoms with Crippen molar-refractivity contribution in [2.75, 3.05) is 0 Å². The zero-order chi connectivity index (χ0) is 16.4. The predicted molar refractivity (Wildman–Crippen MR) is 89.8 cm³/mol. The standard InChI is InChI=1S/C18H22N2O3/c1-12(21)9-14-7-8-16-15(10-14)17(22)20(18(23)19-16)11-13-5-3-2-4-6-13/h7-8,10,13H,2-6,9,11H2,1H3,(H,19,23). The summed E-state index contributed by atoms with van der Waals surface area (Å²) >= 11 is 0. The summed E-state index contributed by atoms with van der Waals surface area (Å²) in [7, 11) is 0.